The van der Waals surface area contributed by atoms with Gasteiger partial charge in [0.25, 0.3) is 0 Å². The summed E-state index contributed by atoms with van der Waals surface area (Å²) in [7, 11) is 0. The molecule has 2 heterocycles. The molecule has 128 valence electrons. The van der Waals surface area contributed by atoms with Gasteiger partial charge in [-0.3, -0.25) is 0 Å². The van der Waals surface area contributed by atoms with Crippen molar-refractivity contribution in [1.29, 1.82) is 0 Å². The average Bonchev–Trinajstić information content (AvgIpc) is 3.05. The van der Waals surface area contributed by atoms with Crippen molar-refractivity contribution in [2.45, 2.75) is 58.6 Å². The van der Waals surface area contributed by atoms with Crippen molar-refractivity contribution >= 4 is 6.09 Å². The van der Waals surface area contributed by atoms with Gasteiger partial charge in [-0.15, -0.1) is 0 Å². The van der Waals surface area contributed by atoms with E-state index in [0.717, 1.165) is 26.1 Å². The Kier molecular flexibility index (Phi) is 6.09. The minimum absolute atomic E-state index is 0.179. The number of hydrogen-bond acceptors (Lipinski definition) is 4. The quantitative estimate of drug-likeness (QED) is 0.846. The Morgan fingerprint density at radius 3 is 2.59 bits per heavy atom. The number of likely N-dealkylation sites (tertiary alicyclic amines) is 2. The molecule has 5 nitrogen and oxygen atoms in total. The number of rotatable bonds is 5. The molecule has 5 heteroatoms. The Balaban J connectivity index is 1.64. The molecule has 0 bridgehead atoms. The van der Waals surface area contributed by atoms with E-state index < -0.39 is 5.60 Å². The zero-order chi connectivity index (χ0) is 16.2. The van der Waals surface area contributed by atoms with Crippen molar-refractivity contribution in [3.63, 3.8) is 0 Å². The molecule has 2 aliphatic rings. The van der Waals surface area contributed by atoms with E-state index in [1.165, 1.54) is 32.5 Å². The molecule has 2 atom stereocenters. The van der Waals surface area contributed by atoms with Crippen LogP contribution < -0.4 is 5.32 Å². The SMILES string of the molecule is CC(CNC1CCN(C(=O)OC(C)(C)C)C1)CN1CCCC1. The van der Waals surface area contributed by atoms with Gasteiger partial charge in [-0.25, -0.2) is 4.79 Å². The fourth-order valence-corrected chi connectivity index (χ4v) is 3.26. The first-order valence-corrected chi connectivity index (χ1v) is 8.77. The number of hydrogen-bond donors (Lipinski definition) is 1. The highest BCUT2D eigenvalue weighted by Gasteiger charge is 2.29. The van der Waals surface area contributed by atoms with Gasteiger partial charge in [0.2, 0.25) is 0 Å². The second-order valence-electron chi connectivity index (χ2n) is 7.93. The van der Waals surface area contributed by atoms with Crippen LogP contribution in [-0.4, -0.2) is 66.8 Å². The number of amides is 1. The van der Waals surface area contributed by atoms with E-state index in [2.05, 4.69) is 17.1 Å². The maximum Gasteiger partial charge on any atom is 0.410 e. The molecule has 0 aromatic carbocycles. The van der Waals surface area contributed by atoms with E-state index in [1.54, 1.807) is 0 Å². The van der Waals surface area contributed by atoms with Gasteiger partial charge in [0, 0.05) is 25.7 Å². The highest BCUT2D eigenvalue weighted by molar-refractivity contribution is 5.68. The first-order valence-electron chi connectivity index (χ1n) is 8.77. The fraction of sp³-hybridized carbons (Fsp3) is 0.941. The monoisotopic (exact) mass is 311 g/mol. The van der Waals surface area contributed by atoms with Crippen molar-refractivity contribution < 1.29 is 9.53 Å². The first-order chi connectivity index (χ1) is 10.3. The molecular weight excluding hydrogens is 278 g/mol. The molecule has 0 aliphatic carbocycles. The summed E-state index contributed by atoms with van der Waals surface area (Å²) in [6, 6.07) is 0.411. The van der Waals surface area contributed by atoms with Gasteiger partial charge >= 0.3 is 6.09 Å². The van der Waals surface area contributed by atoms with E-state index in [1.807, 2.05) is 25.7 Å². The van der Waals surface area contributed by atoms with Crippen molar-refractivity contribution in [2.75, 3.05) is 39.3 Å². The van der Waals surface area contributed by atoms with Gasteiger partial charge in [-0.2, -0.15) is 0 Å². The smallest absolute Gasteiger partial charge is 0.410 e. The summed E-state index contributed by atoms with van der Waals surface area (Å²) >= 11 is 0. The fourth-order valence-electron chi connectivity index (χ4n) is 3.26. The zero-order valence-electron chi connectivity index (χ0n) is 14.7. The Bertz CT molecular complexity index is 361. The van der Waals surface area contributed by atoms with Crippen LogP contribution in [0, 0.1) is 5.92 Å². The summed E-state index contributed by atoms with van der Waals surface area (Å²) < 4.78 is 5.44. The lowest BCUT2D eigenvalue weighted by Gasteiger charge is -2.25. The lowest BCUT2D eigenvalue weighted by Crippen LogP contribution is -2.40. The van der Waals surface area contributed by atoms with Crippen LogP contribution in [0.3, 0.4) is 0 Å². The first kappa shape index (κ1) is 17.5. The van der Waals surface area contributed by atoms with Gasteiger partial charge in [-0.05, 0) is 65.6 Å². The molecule has 1 N–H and O–H groups in total. The largest absolute Gasteiger partial charge is 0.444 e. The Hall–Kier alpha value is -0.810. The third-order valence-corrected chi connectivity index (χ3v) is 4.36. The molecule has 2 aliphatic heterocycles. The standard InChI is InChI=1S/C17H33N3O2/c1-14(12-19-8-5-6-9-19)11-18-15-7-10-20(13-15)16(21)22-17(2,3)4/h14-15,18H,5-13H2,1-4H3. The molecule has 0 spiro atoms. The molecule has 2 saturated heterocycles. The van der Waals surface area contributed by atoms with Crippen LogP contribution in [0.25, 0.3) is 0 Å². The number of carbonyl (C=O) groups excluding carboxylic acids is 1. The van der Waals surface area contributed by atoms with Crippen LogP contribution in [0.1, 0.15) is 47.0 Å². The molecule has 2 rings (SSSR count). The Morgan fingerprint density at radius 2 is 1.95 bits per heavy atom. The highest BCUT2D eigenvalue weighted by atomic mass is 16.6. The second kappa shape index (κ2) is 7.64. The average molecular weight is 311 g/mol. The molecular formula is C17H33N3O2. The summed E-state index contributed by atoms with van der Waals surface area (Å²) in [5.74, 6) is 0.661. The van der Waals surface area contributed by atoms with Crippen LogP contribution in [0.4, 0.5) is 4.79 Å². The van der Waals surface area contributed by atoms with Crippen molar-refractivity contribution in [3.05, 3.63) is 0 Å². The lowest BCUT2D eigenvalue weighted by molar-refractivity contribution is 0.0291. The summed E-state index contributed by atoms with van der Waals surface area (Å²) in [4.78, 5) is 16.4. The van der Waals surface area contributed by atoms with Crippen molar-refractivity contribution in [3.8, 4) is 0 Å². The van der Waals surface area contributed by atoms with Crippen LogP contribution in [0.15, 0.2) is 0 Å². The topological polar surface area (TPSA) is 44.8 Å². The van der Waals surface area contributed by atoms with Gasteiger partial charge in [0.05, 0.1) is 0 Å². The molecule has 0 aromatic rings. The molecule has 0 radical (unpaired) electrons. The van der Waals surface area contributed by atoms with Gasteiger partial charge in [0.15, 0.2) is 0 Å². The molecule has 22 heavy (non-hydrogen) atoms. The number of nitrogens with one attached hydrogen (secondary N) is 1. The van der Waals surface area contributed by atoms with Crippen LogP contribution in [0.5, 0.6) is 0 Å². The van der Waals surface area contributed by atoms with E-state index >= 15 is 0 Å². The molecule has 0 saturated carbocycles. The molecule has 2 fully saturated rings. The molecule has 2 unspecified atom stereocenters. The van der Waals surface area contributed by atoms with Gasteiger partial charge in [-0.1, -0.05) is 6.92 Å². The van der Waals surface area contributed by atoms with Crippen molar-refractivity contribution in [2.24, 2.45) is 5.92 Å². The second-order valence-corrected chi connectivity index (χ2v) is 7.93. The van der Waals surface area contributed by atoms with Gasteiger partial charge < -0.3 is 19.9 Å². The zero-order valence-corrected chi connectivity index (χ0v) is 14.7. The number of carbonyl (C=O) groups is 1. The number of ether oxygens (including phenoxy) is 1. The van der Waals surface area contributed by atoms with Gasteiger partial charge in [0.1, 0.15) is 5.60 Å². The summed E-state index contributed by atoms with van der Waals surface area (Å²) in [6.45, 7) is 14.4. The third kappa shape index (κ3) is 5.76. The summed E-state index contributed by atoms with van der Waals surface area (Å²) in [5.41, 5.74) is -0.410. The van der Waals surface area contributed by atoms with Crippen LogP contribution >= 0.6 is 0 Å². The molecule has 1 amide bonds. The van der Waals surface area contributed by atoms with E-state index in [4.69, 9.17) is 4.74 Å². The number of nitrogens with zero attached hydrogens (tertiary/aromatic N) is 2. The summed E-state index contributed by atoms with van der Waals surface area (Å²) in [5, 5.41) is 3.63. The van der Waals surface area contributed by atoms with Crippen molar-refractivity contribution in [1.82, 2.24) is 15.1 Å². The maximum absolute atomic E-state index is 12.0. The Morgan fingerprint density at radius 1 is 1.27 bits per heavy atom. The van der Waals surface area contributed by atoms with Crippen LogP contribution in [0.2, 0.25) is 0 Å². The summed E-state index contributed by atoms with van der Waals surface area (Å²) in [6.07, 6.45) is 3.55. The van der Waals surface area contributed by atoms with E-state index in [9.17, 15) is 4.79 Å². The van der Waals surface area contributed by atoms with Crippen LogP contribution in [-0.2, 0) is 4.74 Å². The highest BCUT2D eigenvalue weighted by Crippen LogP contribution is 2.16. The predicted molar refractivity (Wildman–Crippen MR) is 89.1 cm³/mol. The third-order valence-electron chi connectivity index (χ3n) is 4.36. The Labute approximate surface area is 135 Å². The van der Waals surface area contributed by atoms with E-state index in [0.29, 0.717) is 12.0 Å². The minimum Gasteiger partial charge on any atom is -0.444 e. The minimum atomic E-state index is -0.410. The lowest BCUT2D eigenvalue weighted by atomic mass is 10.1. The molecule has 0 aromatic heterocycles. The maximum atomic E-state index is 12.0. The predicted octanol–water partition coefficient (Wildman–Crippen LogP) is 2.32. The normalized spacial score (nSPS) is 24.7. The van der Waals surface area contributed by atoms with E-state index in [-0.39, 0.29) is 6.09 Å².